The summed E-state index contributed by atoms with van der Waals surface area (Å²) in [5, 5.41) is 0.125. The van der Waals surface area contributed by atoms with E-state index in [2.05, 4.69) is 9.97 Å². The largest absolute Gasteiger partial charge is 0.456 e. The zero-order valence-corrected chi connectivity index (χ0v) is 9.92. The standard InChI is InChI=1S/C10H13ClN2O2/c1-6-7(5-12-9(11)13-6)8(14)15-10(2,3)4/h5H,1-4H3. The lowest BCUT2D eigenvalue weighted by atomic mass is 10.2. The van der Waals surface area contributed by atoms with Crippen LogP contribution in [0.25, 0.3) is 0 Å². The van der Waals surface area contributed by atoms with E-state index < -0.39 is 11.6 Å². The van der Waals surface area contributed by atoms with Crippen LogP contribution in [0.2, 0.25) is 5.28 Å². The summed E-state index contributed by atoms with van der Waals surface area (Å²) in [6.45, 7) is 7.10. The number of aryl methyl sites for hydroxylation is 1. The van der Waals surface area contributed by atoms with Gasteiger partial charge in [-0.3, -0.25) is 0 Å². The highest BCUT2D eigenvalue weighted by atomic mass is 35.5. The molecule has 5 heteroatoms. The second kappa shape index (κ2) is 4.14. The van der Waals surface area contributed by atoms with Crippen LogP contribution in [0.15, 0.2) is 6.20 Å². The van der Waals surface area contributed by atoms with Crippen LogP contribution in [0, 0.1) is 6.92 Å². The molecular weight excluding hydrogens is 216 g/mol. The van der Waals surface area contributed by atoms with Crippen LogP contribution in [-0.2, 0) is 4.74 Å². The van der Waals surface area contributed by atoms with Gasteiger partial charge in [-0.25, -0.2) is 14.8 Å². The Morgan fingerprint density at radius 2 is 2.07 bits per heavy atom. The third kappa shape index (κ3) is 3.47. The summed E-state index contributed by atoms with van der Waals surface area (Å²) in [6.07, 6.45) is 1.37. The van der Waals surface area contributed by atoms with Gasteiger partial charge in [0.25, 0.3) is 0 Å². The predicted octanol–water partition coefficient (Wildman–Crippen LogP) is 2.39. The molecule has 0 saturated carbocycles. The molecule has 0 amide bonds. The summed E-state index contributed by atoms with van der Waals surface area (Å²) in [5.74, 6) is -0.434. The molecule has 0 saturated heterocycles. The van der Waals surface area contributed by atoms with Crippen LogP contribution in [0.1, 0.15) is 36.8 Å². The van der Waals surface area contributed by atoms with Crippen molar-refractivity contribution in [3.63, 3.8) is 0 Å². The maximum Gasteiger partial charge on any atom is 0.342 e. The molecule has 0 unspecified atom stereocenters. The fourth-order valence-corrected chi connectivity index (χ4v) is 1.15. The summed E-state index contributed by atoms with van der Waals surface area (Å²) in [6, 6.07) is 0. The summed E-state index contributed by atoms with van der Waals surface area (Å²) >= 11 is 5.58. The van der Waals surface area contributed by atoms with Gasteiger partial charge in [-0.15, -0.1) is 0 Å². The maximum absolute atomic E-state index is 11.6. The zero-order chi connectivity index (χ0) is 11.6. The van der Waals surface area contributed by atoms with Gasteiger partial charge in [0.2, 0.25) is 5.28 Å². The SMILES string of the molecule is Cc1nc(Cl)ncc1C(=O)OC(C)(C)C. The quantitative estimate of drug-likeness (QED) is 0.547. The maximum atomic E-state index is 11.6. The molecule has 1 rings (SSSR count). The normalized spacial score (nSPS) is 11.3. The fraction of sp³-hybridized carbons (Fsp3) is 0.500. The second-order valence-electron chi connectivity index (χ2n) is 4.14. The first kappa shape index (κ1) is 11.9. The van der Waals surface area contributed by atoms with Crippen molar-refractivity contribution in [1.29, 1.82) is 0 Å². The van der Waals surface area contributed by atoms with Crippen molar-refractivity contribution in [2.45, 2.75) is 33.3 Å². The lowest BCUT2D eigenvalue weighted by molar-refractivity contribution is 0.00678. The molecule has 1 aromatic rings. The number of hydrogen-bond acceptors (Lipinski definition) is 4. The Labute approximate surface area is 93.6 Å². The molecule has 0 N–H and O–H groups in total. The number of rotatable bonds is 1. The number of nitrogens with zero attached hydrogens (tertiary/aromatic N) is 2. The number of hydrogen-bond donors (Lipinski definition) is 0. The summed E-state index contributed by atoms with van der Waals surface area (Å²) in [7, 11) is 0. The van der Waals surface area contributed by atoms with E-state index in [0.29, 0.717) is 11.3 Å². The number of carbonyl (C=O) groups is 1. The van der Waals surface area contributed by atoms with E-state index in [1.807, 2.05) is 0 Å². The van der Waals surface area contributed by atoms with Gasteiger partial charge in [-0.1, -0.05) is 0 Å². The highest BCUT2D eigenvalue weighted by molar-refractivity contribution is 6.28. The lowest BCUT2D eigenvalue weighted by Gasteiger charge is -2.19. The van der Waals surface area contributed by atoms with E-state index in [4.69, 9.17) is 16.3 Å². The molecule has 0 aliphatic heterocycles. The Hall–Kier alpha value is -1.16. The molecule has 0 aliphatic carbocycles. The van der Waals surface area contributed by atoms with Crippen molar-refractivity contribution in [3.05, 3.63) is 22.7 Å². The van der Waals surface area contributed by atoms with Gasteiger partial charge in [0.05, 0.1) is 11.3 Å². The Bertz CT molecular complexity index is 385. The van der Waals surface area contributed by atoms with Crippen LogP contribution in [-0.4, -0.2) is 21.5 Å². The molecule has 1 aromatic heterocycles. The molecule has 0 fully saturated rings. The monoisotopic (exact) mass is 228 g/mol. The van der Waals surface area contributed by atoms with Crippen molar-refractivity contribution in [3.8, 4) is 0 Å². The van der Waals surface area contributed by atoms with Gasteiger partial charge in [-0.05, 0) is 39.3 Å². The minimum atomic E-state index is -0.525. The van der Waals surface area contributed by atoms with Crippen LogP contribution < -0.4 is 0 Å². The smallest absolute Gasteiger partial charge is 0.342 e. The molecule has 0 aliphatic rings. The second-order valence-corrected chi connectivity index (χ2v) is 4.48. The van der Waals surface area contributed by atoms with Crippen molar-refractivity contribution in [2.24, 2.45) is 0 Å². The van der Waals surface area contributed by atoms with E-state index in [0.717, 1.165) is 0 Å². The van der Waals surface area contributed by atoms with Gasteiger partial charge in [0.15, 0.2) is 0 Å². The first-order valence-electron chi connectivity index (χ1n) is 4.52. The zero-order valence-electron chi connectivity index (χ0n) is 9.17. The highest BCUT2D eigenvalue weighted by Crippen LogP contribution is 2.14. The van der Waals surface area contributed by atoms with Gasteiger partial charge >= 0.3 is 5.97 Å². The average Bonchev–Trinajstić information content (AvgIpc) is 1.99. The number of esters is 1. The van der Waals surface area contributed by atoms with E-state index in [1.54, 1.807) is 27.7 Å². The van der Waals surface area contributed by atoms with E-state index in [-0.39, 0.29) is 5.28 Å². The molecule has 0 aromatic carbocycles. The predicted molar refractivity (Wildman–Crippen MR) is 56.9 cm³/mol. The Balaban J connectivity index is 2.92. The molecule has 15 heavy (non-hydrogen) atoms. The third-order valence-corrected chi connectivity index (χ3v) is 1.75. The highest BCUT2D eigenvalue weighted by Gasteiger charge is 2.20. The molecule has 1 heterocycles. The van der Waals surface area contributed by atoms with Crippen LogP contribution in [0.5, 0.6) is 0 Å². The molecular formula is C10H13ClN2O2. The molecule has 0 atom stereocenters. The van der Waals surface area contributed by atoms with Crippen molar-refractivity contribution < 1.29 is 9.53 Å². The van der Waals surface area contributed by atoms with E-state index >= 15 is 0 Å². The number of carbonyl (C=O) groups excluding carboxylic acids is 1. The van der Waals surface area contributed by atoms with Crippen molar-refractivity contribution in [2.75, 3.05) is 0 Å². The van der Waals surface area contributed by atoms with Gasteiger partial charge in [-0.2, -0.15) is 0 Å². The molecule has 82 valence electrons. The molecule has 0 radical (unpaired) electrons. The minimum absolute atomic E-state index is 0.125. The average molecular weight is 229 g/mol. The first-order chi connectivity index (χ1) is 6.79. The molecule has 4 nitrogen and oxygen atoms in total. The van der Waals surface area contributed by atoms with Crippen molar-refractivity contribution in [1.82, 2.24) is 9.97 Å². The molecule has 0 spiro atoms. The third-order valence-electron chi connectivity index (χ3n) is 1.57. The van der Waals surface area contributed by atoms with Gasteiger partial charge in [0.1, 0.15) is 5.60 Å². The summed E-state index contributed by atoms with van der Waals surface area (Å²) in [4.78, 5) is 19.3. The fourth-order valence-electron chi connectivity index (χ4n) is 0.972. The van der Waals surface area contributed by atoms with Crippen molar-refractivity contribution >= 4 is 17.6 Å². The minimum Gasteiger partial charge on any atom is -0.456 e. The number of ether oxygens (including phenoxy) is 1. The topological polar surface area (TPSA) is 52.1 Å². The Morgan fingerprint density at radius 1 is 1.47 bits per heavy atom. The van der Waals surface area contributed by atoms with E-state index in [1.165, 1.54) is 6.20 Å². The van der Waals surface area contributed by atoms with Crippen LogP contribution in [0.3, 0.4) is 0 Å². The lowest BCUT2D eigenvalue weighted by Crippen LogP contribution is -2.24. The Kier molecular flexibility index (Phi) is 3.29. The first-order valence-corrected chi connectivity index (χ1v) is 4.90. The molecule has 0 bridgehead atoms. The summed E-state index contributed by atoms with van der Waals surface area (Å²) in [5.41, 5.74) is 0.335. The van der Waals surface area contributed by atoms with Gasteiger partial charge in [0, 0.05) is 6.20 Å². The Morgan fingerprint density at radius 3 is 2.53 bits per heavy atom. The van der Waals surface area contributed by atoms with Crippen LogP contribution in [0.4, 0.5) is 0 Å². The summed E-state index contributed by atoms with van der Waals surface area (Å²) < 4.78 is 5.18. The number of aromatic nitrogens is 2. The van der Waals surface area contributed by atoms with Gasteiger partial charge < -0.3 is 4.74 Å². The van der Waals surface area contributed by atoms with E-state index in [9.17, 15) is 4.79 Å². The number of halogens is 1. The van der Waals surface area contributed by atoms with Crippen LogP contribution >= 0.6 is 11.6 Å².